The zero-order chi connectivity index (χ0) is 10.7. The van der Waals surface area contributed by atoms with Crippen molar-refractivity contribution in [3.8, 4) is 0 Å². The molecule has 3 atom stereocenters. The van der Waals surface area contributed by atoms with E-state index in [1.165, 1.54) is 0 Å². The summed E-state index contributed by atoms with van der Waals surface area (Å²) in [4.78, 5) is 4.04. The molecule has 0 aliphatic rings. The van der Waals surface area contributed by atoms with Crippen molar-refractivity contribution in [1.82, 2.24) is 9.55 Å². The molecule has 0 bridgehead atoms. The summed E-state index contributed by atoms with van der Waals surface area (Å²) in [5.74, 6) is 0. The van der Waals surface area contributed by atoms with Gasteiger partial charge in [-0.05, 0) is 13.8 Å². The van der Waals surface area contributed by atoms with E-state index < -0.39 is 10.8 Å². The molecule has 0 radical (unpaired) electrons. The lowest BCUT2D eigenvalue weighted by molar-refractivity contribution is 0.605. The standard InChI is InChI=1S/C9H17N3OS/c1-7(14(3)13)5-12-6-11-4-9(12)8(2)10/h4,6-8H,5,10H2,1-3H3/t7?,8-,14?/m0/s1. The van der Waals surface area contributed by atoms with Gasteiger partial charge in [-0.2, -0.15) is 0 Å². The van der Waals surface area contributed by atoms with Crippen LogP contribution in [0.15, 0.2) is 12.5 Å². The van der Waals surface area contributed by atoms with E-state index in [4.69, 9.17) is 5.73 Å². The van der Waals surface area contributed by atoms with Gasteiger partial charge in [0.1, 0.15) is 0 Å². The molecule has 0 saturated heterocycles. The molecule has 0 aromatic carbocycles. The van der Waals surface area contributed by atoms with Gasteiger partial charge in [-0.3, -0.25) is 4.21 Å². The van der Waals surface area contributed by atoms with Crippen LogP contribution in [0.4, 0.5) is 0 Å². The van der Waals surface area contributed by atoms with Crippen LogP contribution >= 0.6 is 0 Å². The monoisotopic (exact) mass is 215 g/mol. The van der Waals surface area contributed by atoms with Crippen LogP contribution in [0.3, 0.4) is 0 Å². The first-order valence-electron chi connectivity index (χ1n) is 4.60. The van der Waals surface area contributed by atoms with Gasteiger partial charge in [-0.1, -0.05) is 0 Å². The Hall–Kier alpha value is -0.680. The van der Waals surface area contributed by atoms with Crippen molar-refractivity contribution in [2.24, 2.45) is 5.73 Å². The molecule has 80 valence electrons. The molecular weight excluding hydrogens is 198 g/mol. The van der Waals surface area contributed by atoms with Crippen LogP contribution in [-0.4, -0.2) is 25.3 Å². The van der Waals surface area contributed by atoms with Gasteiger partial charge in [0.25, 0.3) is 0 Å². The Kier molecular flexibility index (Phi) is 3.83. The van der Waals surface area contributed by atoms with Crippen molar-refractivity contribution < 1.29 is 4.21 Å². The number of rotatable bonds is 4. The smallest absolute Gasteiger partial charge is 0.0949 e. The SMILES string of the molecule is CC(Cn1cncc1[C@H](C)N)S(C)=O. The van der Waals surface area contributed by atoms with Gasteiger partial charge >= 0.3 is 0 Å². The van der Waals surface area contributed by atoms with Gasteiger partial charge in [0, 0.05) is 41.1 Å². The van der Waals surface area contributed by atoms with Gasteiger partial charge in [-0.15, -0.1) is 0 Å². The molecule has 1 aromatic rings. The molecule has 14 heavy (non-hydrogen) atoms. The van der Waals surface area contributed by atoms with E-state index in [0.29, 0.717) is 6.54 Å². The molecule has 4 nitrogen and oxygen atoms in total. The Morgan fingerprint density at radius 2 is 2.29 bits per heavy atom. The molecule has 2 unspecified atom stereocenters. The molecule has 0 aliphatic carbocycles. The largest absolute Gasteiger partial charge is 0.332 e. The van der Waals surface area contributed by atoms with Crippen LogP contribution in [0.1, 0.15) is 25.6 Å². The number of imidazole rings is 1. The van der Waals surface area contributed by atoms with Gasteiger partial charge in [0.15, 0.2) is 0 Å². The zero-order valence-corrected chi connectivity index (χ0v) is 9.62. The summed E-state index contributed by atoms with van der Waals surface area (Å²) in [5.41, 5.74) is 6.76. The zero-order valence-electron chi connectivity index (χ0n) is 8.80. The minimum absolute atomic E-state index is 0.0324. The van der Waals surface area contributed by atoms with Gasteiger partial charge in [-0.25, -0.2) is 4.98 Å². The van der Waals surface area contributed by atoms with E-state index in [-0.39, 0.29) is 11.3 Å². The molecule has 0 aliphatic heterocycles. The van der Waals surface area contributed by atoms with Crippen molar-refractivity contribution in [1.29, 1.82) is 0 Å². The van der Waals surface area contributed by atoms with Gasteiger partial charge in [0.2, 0.25) is 0 Å². The van der Waals surface area contributed by atoms with E-state index in [9.17, 15) is 4.21 Å². The first-order valence-corrected chi connectivity index (χ1v) is 6.22. The van der Waals surface area contributed by atoms with E-state index in [2.05, 4.69) is 4.98 Å². The van der Waals surface area contributed by atoms with Crippen molar-refractivity contribution >= 4 is 10.8 Å². The number of nitrogens with two attached hydrogens (primary N) is 1. The topological polar surface area (TPSA) is 60.9 Å². The maximum absolute atomic E-state index is 11.2. The van der Waals surface area contributed by atoms with Crippen LogP contribution in [0.5, 0.6) is 0 Å². The summed E-state index contributed by atoms with van der Waals surface area (Å²) in [6, 6.07) is -0.0324. The Morgan fingerprint density at radius 3 is 2.79 bits per heavy atom. The maximum Gasteiger partial charge on any atom is 0.0949 e. The summed E-state index contributed by atoms with van der Waals surface area (Å²) < 4.78 is 13.2. The number of hydrogen-bond donors (Lipinski definition) is 1. The number of hydrogen-bond acceptors (Lipinski definition) is 3. The lowest BCUT2D eigenvalue weighted by Gasteiger charge is -2.14. The molecule has 5 heteroatoms. The third-order valence-corrected chi connectivity index (χ3v) is 3.51. The maximum atomic E-state index is 11.2. The minimum atomic E-state index is -0.806. The number of nitrogens with zero attached hydrogens (tertiary/aromatic N) is 2. The van der Waals surface area contributed by atoms with Crippen LogP contribution in [0, 0.1) is 0 Å². The Balaban J connectivity index is 2.76. The molecule has 0 amide bonds. The molecule has 0 fully saturated rings. The molecule has 1 heterocycles. The van der Waals surface area contributed by atoms with Crippen molar-refractivity contribution in [2.75, 3.05) is 6.26 Å². The van der Waals surface area contributed by atoms with E-state index in [0.717, 1.165) is 5.69 Å². The second kappa shape index (κ2) is 4.70. The van der Waals surface area contributed by atoms with E-state index in [1.807, 2.05) is 18.4 Å². The predicted molar refractivity (Wildman–Crippen MR) is 58.4 cm³/mol. The van der Waals surface area contributed by atoms with Crippen molar-refractivity contribution in [3.63, 3.8) is 0 Å². The first kappa shape index (κ1) is 11.4. The lowest BCUT2D eigenvalue weighted by atomic mass is 10.2. The quantitative estimate of drug-likeness (QED) is 0.803. The van der Waals surface area contributed by atoms with Crippen LogP contribution in [0.2, 0.25) is 0 Å². The molecule has 2 N–H and O–H groups in total. The van der Waals surface area contributed by atoms with Crippen LogP contribution in [0.25, 0.3) is 0 Å². The lowest BCUT2D eigenvalue weighted by Crippen LogP contribution is -2.20. The average molecular weight is 215 g/mol. The molecule has 0 spiro atoms. The van der Waals surface area contributed by atoms with Crippen molar-refractivity contribution in [3.05, 3.63) is 18.2 Å². The normalized spacial score (nSPS) is 17.7. The molecule has 1 rings (SSSR count). The fourth-order valence-corrected chi connectivity index (χ4v) is 1.62. The van der Waals surface area contributed by atoms with Crippen molar-refractivity contribution in [2.45, 2.75) is 31.7 Å². The third-order valence-electron chi connectivity index (χ3n) is 2.23. The highest BCUT2D eigenvalue weighted by molar-refractivity contribution is 7.84. The molecule has 1 aromatic heterocycles. The highest BCUT2D eigenvalue weighted by Gasteiger charge is 2.11. The molecular formula is C9H17N3OS. The summed E-state index contributed by atoms with van der Waals surface area (Å²) in [5, 5.41) is 0.127. The Labute approximate surface area is 87.0 Å². The third kappa shape index (κ3) is 2.65. The number of aromatic nitrogens is 2. The highest BCUT2D eigenvalue weighted by atomic mass is 32.2. The summed E-state index contributed by atoms with van der Waals surface area (Å²) in [7, 11) is -0.806. The van der Waals surface area contributed by atoms with E-state index in [1.54, 1.807) is 18.8 Å². The summed E-state index contributed by atoms with van der Waals surface area (Å²) in [6.07, 6.45) is 5.21. The Bertz CT molecular complexity index is 322. The van der Waals surface area contributed by atoms with Crippen LogP contribution < -0.4 is 5.73 Å². The van der Waals surface area contributed by atoms with Crippen LogP contribution in [-0.2, 0) is 17.3 Å². The van der Waals surface area contributed by atoms with Gasteiger partial charge < -0.3 is 10.3 Å². The minimum Gasteiger partial charge on any atom is -0.332 e. The fourth-order valence-electron chi connectivity index (χ4n) is 1.24. The second-order valence-electron chi connectivity index (χ2n) is 3.57. The fraction of sp³-hybridized carbons (Fsp3) is 0.667. The Morgan fingerprint density at radius 1 is 1.64 bits per heavy atom. The van der Waals surface area contributed by atoms with E-state index >= 15 is 0 Å². The highest BCUT2D eigenvalue weighted by Crippen LogP contribution is 2.10. The summed E-state index contributed by atoms with van der Waals surface area (Å²) >= 11 is 0. The molecule has 0 saturated carbocycles. The summed E-state index contributed by atoms with van der Waals surface area (Å²) in [6.45, 7) is 4.59. The average Bonchev–Trinajstić information content (AvgIpc) is 2.52. The predicted octanol–water partition coefficient (Wildman–Crippen LogP) is 0.670. The second-order valence-corrected chi connectivity index (χ2v) is 5.37. The van der Waals surface area contributed by atoms with Gasteiger partial charge in [0.05, 0.1) is 12.0 Å². The first-order chi connectivity index (χ1) is 6.52.